The van der Waals surface area contributed by atoms with Gasteiger partial charge in [0.1, 0.15) is 6.10 Å². The van der Waals surface area contributed by atoms with Crippen molar-refractivity contribution in [3.05, 3.63) is 18.0 Å². The van der Waals surface area contributed by atoms with E-state index in [1.807, 2.05) is 0 Å². The van der Waals surface area contributed by atoms with Crippen LogP contribution >= 0.6 is 0 Å². The molecule has 1 saturated heterocycles. The van der Waals surface area contributed by atoms with Gasteiger partial charge in [-0.15, -0.1) is 0 Å². The van der Waals surface area contributed by atoms with Crippen LogP contribution in [-0.2, 0) is 11.3 Å². The third-order valence-corrected chi connectivity index (χ3v) is 4.34. The number of oxime groups is 1. The monoisotopic (exact) mass is 293 g/mol. The molecular weight excluding hydrogens is 270 g/mol. The van der Waals surface area contributed by atoms with Crippen molar-refractivity contribution in [1.29, 1.82) is 0 Å². The van der Waals surface area contributed by atoms with Crippen LogP contribution in [0.1, 0.15) is 37.4 Å². The summed E-state index contributed by atoms with van der Waals surface area (Å²) in [5.74, 6) is 0.135. The average Bonchev–Trinajstić information content (AvgIpc) is 3.17. The highest BCUT2D eigenvalue weighted by atomic mass is 16.5. The summed E-state index contributed by atoms with van der Waals surface area (Å²) in [7, 11) is 0. The molecule has 1 saturated carbocycles. The van der Waals surface area contributed by atoms with Gasteiger partial charge in [-0.3, -0.25) is 9.58 Å². The molecule has 2 heterocycles. The number of rotatable bonds is 4. The van der Waals surface area contributed by atoms with Crippen LogP contribution in [0.4, 0.5) is 0 Å². The van der Waals surface area contributed by atoms with Gasteiger partial charge in [0.05, 0.1) is 18.3 Å². The summed E-state index contributed by atoms with van der Waals surface area (Å²) in [6.07, 6.45) is 6.86. The maximum absolute atomic E-state index is 8.74. The molecule has 1 unspecified atom stereocenters. The molecule has 3 rings (SSSR count). The number of amidine groups is 1. The zero-order valence-corrected chi connectivity index (χ0v) is 12.2. The number of aromatic nitrogens is 2. The van der Waals surface area contributed by atoms with E-state index in [1.165, 1.54) is 25.7 Å². The van der Waals surface area contributed by atoms with Crippen LogP contribution in [0.5, 0.6) is 0 Å². The zero-order valence-electron chi connectivity index (χ0n) is 12.2. The van der Waals surface area contributed by atoms with Crippen molar-refractivity contribution in [2.45, 2.75) is 44.4 Å². The SMILES string of the molecule is NC(=NO)C1CN(Cc2ccn(C3CCCC3)n2)CCO1. The van der Waals surface area contributed by atoms with Gasteiger partial charge in [0.15, 0.2) is 5.84 Å². The minimum absolute atomic E-state index is 0.135. The van der Waals surface area contributed by atoms with Gasteiger partial charge in [-0.05, 0) is 18.9 Å². The Morgan fingerprint density at radius 2 is 2.29 bits per heavy atom. The lowest BCUT2D eigenvalue weighted by atomic mass is 10.2. The van der Waals surface area contributed by atoms with Crippen molar-refractivity contribution in [3.8, 4) is 0 Å². The highest BCUT2D eigenvalue weighted by molar-refractivity contribution is 5.84. The van der Waals surface area contributed by atoms with E-state index in [2.05, 4.69) is 27.0 Å². The van der Waals surface area contributed by atoms with Crippen LogP contribution in [-0.4, -0.2) is 51.5 Å². The Hall–Kier alpha value is -1.60. The predicted octanol–water partition coefficient (Wildman–Crippen LogP) is 0.945. The first kappa shape index (κ1) is 14.3. The van der Waals surface area contributed by atoms with Crippen molar-refractivity contribution >= 4 is 5.84 Å². The summed E-state index contributed by atoms with van der Waals surface area (Å²) >= 11 is 0. The molecule has 2 fully saturated rings. The highest BCUT2D eigenvalue weighted by Gasteiger charge is 2.25. The number of ether oxygens (including phenoxy) is 1. The lowest BCUT2D eigenvalue weighted by Crippen LogP contribution is -2.48. The molecule has 116 valence electrons. The molecule has 1 aliphatic heterocycles. The summed E-state index contributed by atoms with van der Waals surface area (Å²) in [6, 6.07) is 2.67. The summed E-state index contributed by atoms with van der Waals surface area (Å²) in [6.45, 7) is 2.83. The van der Waals surface area contributed by atoms with Gasteiger partial charge in [0, 0.05) is 25.8 Å². The lowest BCUT2D eigenvalue weighted by Gasteiger charge is -2.31. The molecule has 2 aliphatic rings. The van der Waals surface area contributed by atoms with Crippen LogP contribution in [0.25, 0.3) is 0 Å². The summed E-state index contributed by atoms with van der Waals surface area (Å²) in [5, 5.41) is 16.5. The molecule has 21 heavy (non-hydrogen) atoms. The quantitative estimate of drug-likeness (QED) is 0.373. The van der Waals surface area contributed by atoms with Crippen LogP contribution < -0.4 is 5.73 Å². The van der Waals surface area contributed by atoms with Gasteiger partial charge in [-0.25, -0.2) is 0 Å². The van der Waals surface area contributed by atoms with Crippen LogP contribution in [0.3, 0.4) is 0 Å². The van der Waals surface area contributed by atoms with E-state index >= 15 is 0 Å². The second kappa shape index (κ2) is 6.44. The van der Waals surface area contributed by atoms with Gasteiger partial charge < -0.3 is 15.7 Å². The number of nitrogens with zero attached hydrogens (tertiary/aromatic N) is 4. The fourth-order valence-corrected chi connectivity index (χ4v) is 3.15. The first-order chi connectivity index (χ1) is 10.3. The minimum Gasteiger partial charge on any atom is -0.409 e. The second-order valence-corrected chi connectivity index (χ2v) is 5.84. The molecule has 0 radical (unpaired) electrons. The molecule has 3 N–H and O–H groups in total. The third kappa shape index (κ3) is 3.36. The van der Waals surface area contributed by atoms with E-state index in [9.17, 15) is 0 Å². The fraction of sp³-hybridized carbons (Fsp3) is 0.714. The van der Waals surface area contributed by atoms with Gasteiger partial charge in [0.25, 0.3) is 0 Å². The molecule has 1 atom stereocenters. The van der Waals surface area contributed by atoms with E-state index in [0.29, 0.717) is 19.2 Å². The van der Waals surface area contributed by atoms with E-state index in [4.69, 9.17) is 20.8 Å². The molecule has 0 amide bonds. The Morgan fingerprint density at radius 3 is 3.05 bits per heavy atom. The molecule has 1 aromatic heterocycles. The Morgan fingerprint density at radius 1 is 1.48 bits per heavy atom. The first-order valence-electron chi connectivity index (χ1n) is 7.61. The number of nitrogens with two attached hydrogens (primary N) is 1. The van der Waals surface area contributed by atoms with E-state index in [-0.39, 0.29) is 11.9 Å². The molecule has 1 aliphatic carbocycles. The first-order valence-corrected chi connectivity index (χ1v) is 7.61. The van der Waals surface area contributed by atoms with E-state index in [0.717, 1.165) is 18.8 Å². The molecular formula is C14H23N5O2. The Kier molecular flexibility index (Phi) is 4.40. The summed E-state index contributed by atoms with van der Waals surface area (Å²) in [4.78, 5) is 2.23. The maximum Gasteiger partial charge on any atom is 0.169 e. The minimum atomic E-state index is -0.333. The van der Waals surface area contributed by atoms with Crippen molar-refractivity contribution in [1.82, 2.24) is 14.7 Å². The Bertz CT molecular complexity index is 495. The molecule has 0 spiro atoms. The number of hydrogen-bond donors (Lipinski definition) is 2. The van der Waals surface area contributed by atoms with Crippen molar-refractivity contribution < 1.29 is 9.94 Å². The predicted molar refractivity (Wildman–Crippen MR) is 78.2 cm³/mol. The number of hydrogen-bond acceptors (Lipinski definition) is 5. The van der Waals surface area contributed by atoms with Gasteiger partial charge in [0.2, 0.25) is 0 Å². The van der Waals surface area contributed by atoms with Crippen LogP contribution in [0.15, 0.2) is 17.4 Å². The van der Waals surface area contributed by atoms with Crippen molar-refractivity contribution in [3.63, 3.8) is 0 Å². The highest BCUT2D eigenvalue weighted by Crippen LogP contribution is 2.28. The van der Waals surface area contributed by atoms with Crippen LogP contribution in [0, 0.1) is 0 Å². The Labute approximate surface area is 124 Å². The maximum atomic E-state index is 8.74. The number of morpholine rings is 1. The van der Waals surface area contributed by atoms with Crippen molar-refractivity contribution in [2.24, 2.45) is 10.9 Å². The van der Waals surface area contributed by atoms with Crippen LogP contribution in [0.2, 0.25) is 0 Å². The summed E-state index contributed by atoms with van der Waals surface area (Å²) < 4.78 is 7.62. The summed E-state index contributed by atoms with van der Waals surface area (Å²) in [5.41, 5.74) is 6.69. The standard InChI is InChI=1S/C14H23N5O2/c15-14(17-20)13-10-18(7-8-21-13)9-11-5-6-19(16-11)12-3-1-2-4-12/h5-6,12-13,20H,1-4,7-10H2,(H2,15,17). The van der Waals surface area contributed by atoms with Gasteiger partial charge in [-0.2, -0.15) is 5.10 Å². The van der Waals surface area contributed by atoms with Crippen molar-refractivity contribution in [2.75, 3.05) is 19.7 Å². The molecule has 0 bridgehead atoms. The molecule has 1 aromatic rings. The third-order valence-electron chi connectivity index (χ3n) is 4.34. The van der Waals surface area contributed by atoms with Gasteiger partial charge in [-0.1, -0.05) is 18.0 Å². The largest absolute Gasteiger partial charge is 0.409 e. The zero-order chi connectivity index (χ0) is 14.7. The molecule has 7 heteroatoms. The normalized spacial score (nSPS) is 25.5. The average molecular weight is 293 g/mol. The lowest BCUT2D eigenvalue weighted by molar-refractivity contribution is 0.000895. The van der Waals surface area contributed by atoms with E-state index in [1.54, 1.807) is 0 Å². The molecule has 0 aromatic carbocycles. The van der Waals surface area contributed by atoms with E-state index < -0.39 is 0 Å². The second-order valence-electron chi connectivity index (χ2n) is 5.84. The smallest absolute Gasteiger partial charge is 0.169 e. The fourth-order valence-electron chi connectivity index (χ4n) is 3.15. The Balaban J connectivity index is 1.58. The topological polar surface area (TPSA) is 88.9 Å². The van der Waals surface area contributed by atoms with Gasteiger partial charge >= 0.3 is 0 Å². The molecule has 7 nitrogen and oxygen atoms in total.